The van der Waals surface area contributed by atoms with Crippen molar-refractivity contribution in [3.8, 4) is 5.75 Å². The van der Waals surface area contributed by atoms with Gasteiger partial charge in [0.05, 0.1) is 12.8 Å². The Hall–Kier alpha value is -1.72. The number of carbonyl (C=O) groups is 1. The Bertz CT molecular complexity index is 642. The van der Waals surface area contributed by atoms with Gasteiger partial charge in [0.2, 0.25) is 0 Å². The molecule has 4 nitrogen and oxygen atoms in total. The zero-order valence-electron chi connectivity index (χ0n) is 12.8. The van der Waals surface area contributed by atoms with Crippen LogP contribution in [0.5, 0.6) is 5.75 Å². The Morgan fingerprint density at radius 1 is 1.36 bits per heavy atom. The second kappa shape index (κ2) is 7.03. The van der Waals surface area contributed by atoms with E-state index in [4.69, 9.17) is 16.3 Å². The van der Waals surface area contributed by atoms with Gasteiger partial charge < -0.3 is 15.4 Å². The summed E-state index contributed by atoms with van der Waals surface area (Å²) >= 11 is 7.60. The fourth-order valence-electron chi connectivity index (χ4n) is 2.00. The average Bonchev–Trinajstić information content (AvgIpc) is 3.01. The number of hydrogen-bond donors (Lipinski definition) is 2. The van der Waals surface area contributed by atoms with Crippen LogP contribution in [0.4, 0.5) is 10.5 Å². The summed E-state index contributed by atoms with van der Waals surface area (Å²) in [6, 6.07) is 6.87. The number of urea groups is 1. The fraction of sp³-hybridized carbons (Fsp3) is 0.312. The number of ether oxygens (including phenoxy) is 1. The number of anilines is 1. The monoisotopic (exact) mass is 338 g/mol. The second-order valence-corrected chi connectivity index (χ2v) is 6.76. The molecule has 2 rings (SSSR count). The molecule has 2 N–H and O–H groups in total. The summed E-state index contributed by atoms with van der Waals surface area (Å²) in [7, 11) is 1.55. The van der Waals surface area contributed by atoms with E-state index in [2.05, 4.69) is 35.9 Å². The molecule has 1 aromatic carbocycles. The van der Waals surface area contributed by atoms with Crippen LogP contribution in [0, 0.1) is 0 Å². The van der Waals surface area contributed by atoms with Gasteiger partial charge in [0.15, 0.2) is 0 Å². The zero-order valence-corrected chi connectivity index (χ0v) is 14.3. The highest BCUT2D eigenvalue weighted by Crippen LogP contribution is 2.28. The topological polar surface area (TPSA) is 50.4 Å². The van der Waals surface area contributed by atoms with Crippen LogP contribution < -0.4 is 15.4 Å². The molecule has 1 heterocycles. The molecule has 6 heteroatoms. The molecule has 0 bridgehead atoms. The van der Waals surface area contributed by atoms with Crippen molar-refractivity contribution in [3.05, 3.63) is 45.6 Å². The number of nitrogens with one attached hydrogen (secondary N) is 2. The molecule has 0 spiro atoms. The highest BCUT2D eigenvalue weighted by Gasteiger charge is 2.22. The Labute approximate surface area is 139 Å². The van der Waals surface area contributed by atoms with Gasteiger partial charge in [0.1, 0.15) is 5.75 Å². The highest BCUT2D eigenvalue weighted by atomic mass is 35.5. The van der Waals surface area contributed by atoms with Gasteiger partial charge in [-0.1, -0.05) is 25.4 Å². The number of carbonyl (C=O) groups excluding carboxylic acids is 1. The summed E-state index contributed by atoms with van der Waals surface area (Å²) in [4.78, 5) is 12.1. The number of amides is 2. The predicted octanol–water partition coefficient (Wildman–Crippen LogP) is 4.51. The van der Waals surface area contributed by atoms with Crippen LogP contribution in [0.15, 0.2) is 35.0 Å². The van der Waals surface area contributed by atoms with E-state index in [1.54, 1.807) is 36.6 Å². The summed E-state index contributed by atoms with van der Waals surface area (Å²) in [5.41, 5.74) is 1.62. The van der Waals surface area contributed by atoms with E-state index >= 15 is 0 Å². The summed E-state index contributed by atoms with van der Waals surface area (Å²) in [5, 5.41) is 10.3. The third-order valence-corrected chi connectivity index (χ3v) is 4.32. The molecule has 0 aliphatic heterocycles. The van der Waals surface area contributed by atoms with Gasteiger partial charge in [0.25, 0.3) is 0 Å². The minimum absolute atomic E-state index is 0.129. The van der Waals surface area contributed by atoms with E-state index in [-0.39, 0.29) is 11.4 Å². The molecular weight excluding hydrogens is 320 g/mol. The lowest BCUT2D eigenvalue weighted by atomic mass is 9.87. The third-order valence-electron chi connectivity index (χ3n) is 3.40. The van der Waals surface area contributed by atoms with Crippen molar-refractivity contribution in [2.75, 3.05) is 19.0 Å². The SMILES string of the molecule is COc1ccc(Cl)cc1NC(=O)NCC(C)(C)c1ccsc1. The van der Waals surface area contributed by atoms with Crippen molar-refractivity contribution in [1.29, 1.82) is 0 Å². The molecule has 2 aromatic rings. The molecule has 2 amide bonds. The van der Waals surface area contributed by atoms with Crippen molar-refractivity contribution in [2.45, 2.75) is 19.3 Å². The van der Waals surface area contributed by atoms with Crippen LogP contribution in [0.1, 0.15) is 19.4 Å². The van der Waals surface area contributed by atoms with E-state index in [0.717, 1.165) is 0 Å². The maximum Gasteiger partial charge on any atom is 0.319 e. The quantitative estimate of drug-likeness (QED) is 0.842. The van der Waals surface area contributed by atoms with Crippen molar-refractivity contribution in [2.24, 2.45) is 0 Å². The van der Waals surface area contributed by atoms with E-state index in [0.29, 0.717) is 23.0 Å². The first kappa shape index (κ1) is 16.6. The van der Waals surface area contributed by atoms with Crippen LogP contribution in [0.3, 0.4) is 0 Å². The molecule has 0 unspecified atom stereocenters. The van der Waals surface area contributed by atoms with Gasteiger partial charge in [0, 0.05) is 17.0 Å². The van der Waals surface area contributed by atoms with Gasteiger partial charge in [-0.05, 0) is 40.6 Å². The van der Waals surface area contributed by atoms with Crippen LogP contribution in [0.25, 0.3) is 0 Å². The molecule has 0 atom stereocenters. The summed E-state index contributed by atoms with van der Waals surface area (Å²) in [6.07, 6.45) is 0. The van der Waals surface area contributed by atoms with Crippen molar-refractivity contribution in [3.63, 3.8) is 0 Å². The predicted molar refractivity (Wildman–Crippen MR) is 92.4 cm³/mol. The maximum atomic E-state index is 12.1. The molecule has 0 aliphatic carbocycles. The average molecular weight is 339 g/mol. The molecule has 118 valence electrons. The summed E-state index contributed by atoms with van der Waals surface area (Å²) in [5.74, 6) is 0.566. The normalized spacial score (nSPS) is 11.1. The zero-order chi connectivity index (χ0) is 16.2. The molecule has 0 fully saturated rings. The molecule has 0 aliphatic rings. The minimum atomic E-state index is -0.288. The Morgan fingerprint density at radius 2 is 2.14 bits per heavy atom. The van der Waals surface area contributed by atoms with E-state index < -0.39 is 0 Å². The summed E-state index contributed by atoms with van der Waals surface area (Å²) in [6.45, 7) is 4.71. The number of benzene rings is 1. The first-order valence-electron chi connectivity index (χ1n) is 6.83. The van der Waals surface area contributed by atoms with Crippen molar-refractivity contribution >= 4 is 34.7 Å². The number of thiophene rings is 1. The Balaban J connectivity index is 1.98. The smallest absolute Gasteiger partial charge is 0.319 e. The first-order chi connectivity index (χ1) is 10.4. The molecule has 0 radical (unpaired) electrons. The van der Waals surface area contributed by atoms with Gasteiger partial charge >= 0.3 is 6.03 Å². The first-order valence-corrected chi connectivity index (χ1v) is 8.15. The lowest BCUT2D eigenvalue weighted by molar-refractivity contribution is 0.249. The number of hydrogen-bond acceptors (Lipinski definition) is 3. The molecule has 0 saturated heterocycles. The Kier molecular flexibility index (Phi) is 5.32. The largest absolute Gasteiger partial charge is 0.495 e. The molecule has 0 saturated carbocycles. The molecule has 1 aromatic heterocycles. The van der Waals surface area contributed by atoms with E-state index in [9.17, 15) is 4.79 Å². The standard InChI is InChI=1S/C16H19ClN2O2S/c1-16(2,11-6-7-22-9-11)10-18-15(20)19-13-8-12(17)4-5-14(13)21-3/h4-9H,10H2,1-3H3,(H2,18,19,20). The van der Waals surface area contributed by atoms with E-state index in [1.165, 1.54) is 5.56 Å². The van der Waals surface area contributed by atoms with Crippen LogP contribution >= 0.6 is 22.9 Å². The fourth-order valence-corrected chi connectivity index (χ4v) is 3.02. The van der Waals surface area contributed by atoms with Crippen LogP contribution in [-0.4, -0.2) is 19.7 Å². The Morgan fingerprint density at radius 3 is 2.77 bits per heavy atom. The number of rotatable bonds is 5. The number of methoxy groups -OCH3 is 1. The van der Waals surface area contributed by atoms with Gasteiger partial charge in [-0.3, -0.25) is 0 Å². The van der Waals surface area contributed by atoms with Gasteiger partial charge in [-0.2, -0.15) is 11.3 Å². The lowest BCUT2D eigenvalue weighted by Crippen LogP contribution is -2.38. The molecular formula is C16H19ClN2O2S. The van der Waals surface area contributed by atoms with E-state index in [1.807, 2.05) is 5.38 Å². The van der Waals surface area contributed by atoms with Crippen molar-refractivity contribution in [1.82, 2.24) is 5.32 Å². The lowest BCUT2D eigenvalue weighted by Gasteiger charge is -2.24. The minimum Gasteiger partial charge on any atom is -0.495 e. The third kappa shape index (κ3) is 4.15. The number of halogens is 1. The van der Waals surface area contributed by atoms with Crippen LogP contribution in [0.2, 0.25) is 5.02 Å². The van der Waals surface area contributed by atoms with Gasteiger partial charge in [-0.25, -0.2) is 4.79 Å². The van der Waals surface area contributed by atoms with Crippen molar-refractivity contribution < 1.29 is 9.53 Å². The summed E-state index contributed by atoms with van der Waals surface area (Å²) < 4.78 is 5.21. The second-order valence-electron chi connectivity index (χ2n) is 5.55. The maximum absolute atomic E-state index is 12.1. The molecule has 22 heavy (non-hydrogen) atoms. The van der Waals surface area contributed by atoms with Gasteiger partial charge in [-0.15, -0.1) is 0 Å². The highest BCUT2D eigenvalue weighted by molar-refractivity contribution is 7.08. The van der Waals surface area contributed by atoms with Crippen LogP contribution in [-0.2, 0) is 5.41 Å².